The van der Waals surface area contributed by atoms with Crippen LogP contribution in [-0.2, 0) is 17.8 Å². The van der Waals surface area contributed by atoms with Crippen molar-refractivity contribution in [2.75, 3.05) is 18.5 Å². The Hall–Kier alpha value is -1.92. The van der Waals surface area contributed by atoms with E-state index in [1.54, 1.807) is 11.3 Å². The molecule has 146 valence electrons. The Bertz CT molecular complexity index is 729. The number of amides is 1. The Kier molecular flexibility index (Phi) is 7.24. The second kappa shape index (κ2) is 9.85. The number of thiazole rings is 1. The summed E-state index contributed by atoms with van der Waals surface area (Å²) in [5, 5.41) is 3.48. The van der Waals surface area contributed by atoms with Crippen molar-refractivity contribution in [3.05, 3.63) is 40.9 Å². The summed E-state index contributed by atoms with van der Waals surface area (Å²) in [6.07, 6.45) is 7.90. The smallest absolute Gasteiger partial charge is 0.264 e. The Labute approximate surface area is 165 Å². The molecule has 27 heavy (non-hydrogen) atoms. The highest BCUT2D eigenvalue weighted by atomic mass is 32.1. The molecule has 1 fully saturated rings. The van der Waals surface area contributed by atoms with Crippen molar-refractivity contribution in [1.29, 1.82) is 0 Å². The van der Waals surface area contributed by atoms with Gasteiger partial charge < -0.3 is 4.74 Å². The quantitative estimate of drug-likeness (QED) is 0.725. The number of carbonyl (C=O) groups excluding carboxylic acids is 1. The number of ether oxygens (including phenoxy) is 1. The molecule has 1 amide bonds. The maximum Gasteiger partial charge on any atom is 0.264 e. The van der Waals surface area contributed by atoms with Gasteiger partial charge in [0.2, 0.25) is 0 Å². The molecule has 2 aromatic rings. The van der Waals surface area contributed by atoms with Crippen molar-refractivity contribution >= 4 is 22.4 Å². The number of likely N-dealkylation sites (tertiary alicyclic amines) is 1. The third-order valence-corrected chi connectivity index (χ3v) is 5.83. The lowest BCUT2D eigenvalue weighted by molar-refractivity contribution is -0.118. The number of hydrogen-bond donors (Lipinski definition) is 1. The van der Waals surface area contributed by atoms with Gasteiger partial charge in [0.15, 0.2) is 11.7 Å². The summed E-state index contributed by atoms with van der Waals surface area (Å²) in [6, 6.07) is 8.55. The van der Waals surface area contributed by atoms with E-state index in [4.69, 9.17) is 4.74 Å². The van der Waals surface area contributed by atoms with Crippen molar-refractivity contribution in [3.63, 3.8) is 0 Å². The normalized spacial score (nSPS) is 17.6. The van der Waals surface area contributed by atoms with Gasteiger partial charge in [-0.2, -0.15) is 0 Å². The molecule has 1 unspecified atom stereocenters. The molecule has 0 radical (unpaired) electrons. The molecule has 0 aliphatic carbocycles. The van der Waals surface area contributed by atoms with Crippen LogP contribution in [0, 0.1) is 0 Å². The van der Waals surface area contributed by atoms with E-state index in [9.17, 15) is 4.79 Å². The Morgan fingerprint density at radius 2 is 2.15 bits per heavy atom. The minimum absolute atomic E-state index is 0.00873. The Morgan fingerprint density at radius 1 is 1.33 bits per heavy atom. The molecule has 5 nitrogen and oxygen atoms in total. The average Bonchev–Trinajstić information content (AvgIpc) is 3.10. The number of aromatic nitrogens is 1. The van der Waals surface area contributed by atoms with Crippen molar-refractivity contribution < 1.29 is 9.53 Å². The number of hydrogen-bond acceptors (Lipinski definition) is 5. The van der Waals surface area contributed by atoms with Crippen molar-refractivity contribution in [1.82, 2.24) is 9.88 Å². The van der Waals surface area contributed by atoms with E-state index in [0.29, 0.717) is 16.9 Å². The van der Waals surface area contributed by atoms with Gasteiger partial charge in [0.25, 0.3) is 5.91 Å². The molecule has 3 rings (SSSR count). The standard InChI is InChI=1S/C21H29N3O2S/c1-3-6-17-8-10-18(11-9-17)26-15-20(25)23-21-22-13-19(27-21)14-24-12-5-4-7-16(24)2/h8-11,13,16H,3-7,12,14-15H2,1-2H3,(H,22,23,25). The molecule has 6 heteroatoms. The maximum atomic E-state index is 12.1. The van der Waals surface area contributed by atoms with Gasteiger partial charge in [-0.05, 0) is 50.4 Å². The first kappa shape index (κ1) is 19.8. The molecule has 0 spiro atoms. The molecule has 0 bridgehead atoms. The molecular formula is C21H29N3O2S. The predicted octanol–water partition coefficient (Wildman–Crippen LogP) is 4.49. The largest absolute Gasteiger partial charge is 0.484 e. The van der Waals surface area contributed by atoms with Crippen LogP contribution in [0.2, 0.25) is 0 Å². The van der Waals surface area contributed by atoms with Crippen LogP contribution < -0.4 is 10.1 Å². The van der Waals surface area contributed by atoms with Gasteiger partial charge in [0.1, 0.15) is 5.75 Å². The number of piperidine rings is 1. The summed E-state index contributed by atoms with van der Waals surface area (Å²) in [4.78, 5) is 20.1. The third-order valence-electron chi connectivity index (χ3n) is 4.93. The van der Waals surface area contributed by atoms with E-state index in [-0.39, 0.29) is 12.5 Å². The van der Waals surface area contributed by atoms with Crippen molar-refractivity contribution in [2.24, 2.45) is 0 Å². The van der Waals surface area contributed by atoms with Crippen LogP contribution in [0.15, 0.2) is 30.5 Å². The molecule has 1 aromatic heterocycles. The minimum Gasteiger partial charge on any atom is -0.484 e. The van der Waals surface area contributed by atoms with Gasteiger partial charge in [-0.3, -0.25) is 15.0 Å². The maximum absolute atomic E-state index is 12.1. The molecule has 1 aliphatic rings. The SMILES string of the molecule is CCCc1ccc(OCC(=O)Nc2ncc(CN3CCCCC3C)s2)cc1. The second-order valence-electron chi connectivity index (χ2n) is 7.18. The molecule has 2 heterocycles. The summed E-state index contributed by atoms with van der Waals surface area (Å²) in [6.45, 7) is 6.49. The lowest BCUT2D eigenvalue weighted by atomic mass is 10.0. The Morgan fingerprint density at radius 3 is 2.89 bits per heavy atom. The first-order valence-electron chi connectivity index (χ1n) is 9.84. The number of nitrogens with one attached hydrogen (secondary N) is 1. The van der Waals surface area contributed by atoms with Gasteiger partial charge in [-0.25, -0.2) is 4.98 Å². The highest BCUT2D eigenvalue weighted by Crippen LogP contribution is 2.24. The van der Waals surface area contributed by atoms with Crippen LogP contribution >= 0.6 is 11.3 Å². The van der Waals surface area contributed by atoms with Gasteiger partial charge in [-0.1, -0.05) is 31.9 Å². The van der Waals surface area contributed by atoms with Gasteiger partial charge in [0, 0.05) is 23.7 Å². The predicted molar refractivity (Wildman–Crippen MR) is 110 cm³/mol. The highest BCUT2D eigenvalue weighted by molar-refractivity contribution is 7.15. The first-order chi connectivity index (χ1) is 13.1. The molecule has 1 aliphatic heterocycles. The summed E-state index contributed by atoms with van der Waals surface area (Å²) in [5.41, 5.74) is 1.28. The Balaban J connectivity index is 1.44. The zero-order valence-corrected chi connectivity index (χ0v) is 17.1. The third kappa shape index (κ3) is 6.04. The first-order valence-corrected chi connectivity index (χ1v) is 10.7. The fraction of sp³-hybridized carbons (Fsp3) is 0.524. The fourth-order valence-corrected chi connectivity index (χ4v) is 4.23. The summed E-state index contributed by atoms with van der Waals surface area (Å²) >= 11 is 1.55. The molecule has 1 saturated heterocycles. The topological polar surface area (TPSA) is 54.5 Å². The number of anilines is 1. The fourth-order valence-electron chi connectivity index (χ4n) is 3.38. The number of rotatable bonds is 8. The van der Waals surface area contributed by atoms with Crippen LogP contribution in [0.1, 0.15) is 50.0 Å². The van der Waals surface area contributed by atoms with Crippen LogP contribution in [0.3, 0.4) is 0 Å². The van der Waals surface area contributed by atoms with Crippen molar-refractivity contribution in [3.8, 4) is 5.75 Å². The van der Waals surface area contributed by atoms with E-state index in [2.05, 4.69) is 29.0 Å². The van der Waals surface area contributed by atoms with Gasteiger partial charge in [0.05, 0.1) is 0 Å². The monoisotopic (exact) mass is 387 g/mol. The zero-order valence-electron chi connectivity index (χ0n) is 16.2. The second-order valence-corrected chi connectivity index (χ2v) is 8.29. The van der Waals surface area contributed by atoms with E-state index in [1.807, 2.05) is 30.5 Å². The molecule has 1 atom stereocenters. The van der Waals surface area contributed by atoms with Gasteiger partial charge in [-0.15, -0.1) is 11.3 Å². The van der Waals surface area contributed by atoms with Crippen molar-refractivity contribution in [2.45, 2.75) is 58.5 Å². The highest BCUT2D eigenvalue weighted by Gasteiger charge is 2.19. The zero-order chi connectivity index (χ0) is 19.1. The van der Waals surface area contributed by atoms with Gasteiger partial charge >= 0.3 is 0 Å². The van der Waals surface area contributed by atoms with Crippen LogP contribution in [0.25, 0.3) is 0 Å². The van der Waals surface area contributed by atoms with E-state index in [1.165, 1.54) is 29.7 Å². The molecule has 0 saturated carbocycles. The summed E-state index contributed by atoms with van der Waals surface area (Å²) < 4.78 is 5.57. The van der Waals surface area contributed by atoms with Crippen LogP contribution in [0.5, 0.6) is 5.75 Å². The number of benzene rings is 1. The lowest BCUT2D eigenvalue weighted by Crippen LogP contribution is -2.36. The van der Waals surface area contributed by atoms with E-state index >= 15 is 0 Å². The average molecular weight is 388 g/mol. The number of aryl methyl sites for hydroxylation is 1. The van der Waals surface area contributed by atoms with Crippen LogP contribution in [0.4, 0.5) is 5.13 Å². The number of carbonyl (C=O) groups is 1. The summed E-state index contributed by atoms with van der Waals surface area (Å²) in [5.74, 6) is 0.531. The molecular weight excluding hydrogens is 358 g/mol. The molecule has 1 N–H and O–H groups in total. The lowest BCUT2D eigenvalue weighted by Gasteiger charge is -2.32. The number of nitrogens with zero attached hydrogens (tertiary/aromatic N) is 2. The summed E-state index contributed by atoms with van der Waals surface area (Å²) in [7, 11) is 0. The minimum atomic E-state index is -0.181. The van der Waals surface area contributed by atoms with Crippen LogP contribution in [-0.4, -0.2) is 35.0 Å². The van der Waals surface area contributed by atoms with E-state index in [0.717, 1.165) is 25.9 Å². The molecule has 1 aromatic carbocycles. The van der Waals surface area contributed by atoms with E-state index < -0.39 is 0 Å².